The predicted molar refractivity (Wildman–Crippen MR) is 110 cm³/mol. The fourth-order valence-corrected chi connectivity index (χ4v) is 4.63. The molecule has 1 fully saturated rings. The Labute approximate surface area is 168 Å². The summed E-state index contributed by atoms with van der Waals surface area (Å²) in [4.78, 5) is 14.6. The molecule has 0 saturated carbocycles. The molecule has 2 amide bonds. The molecule has 148 valence electrons. The van der Waals surface area contributed by atoms with Crippen LogP contribution < -0.4 is 10.6 Å². The van der Waals surface area contributed by atoms with Crippen molar-refractivity contribution in [2.45, 2.75) is 18.7 Å². The van der Waals surface area contributed by atoms with Crippen molar-refractivity contribution in [3.63, 3.8) is 0 Å². The number of aromatic nitrogens is 2. The van der Waals surface area contributed by atoms with Gasteiger partial charge in [0.2, 0.25) is 0 Å². The van der Waals surface area contributed by atoms with E-state index in [1.807, 2.05) is 25.5 Å². The van der Waals surface area contributed by atoms with Crippen LogP contribution in [0.3, 0.4) is 0 Å². The van der Waals surface area contributed by atoms with Gasteiger partial charge in [-0.05, 0) is 29.4 Å². The first-order valence-electron chi connectivity index (χ1n) is 9.39. The molecule has 2 aromatic heterocycles. The van der Waals surface area contributed by atoms with Crippen molar-refractivity contribution in [1.82, 2.24) is 25.3 Å². The van der Waals surface area contributed by atoms with Gasteiger partial charge in [-0.25, -0.2) is 4.79 Å². The van der Waals surface area contributed by atoms with E-state index in [1.165, 1.54) is 10.1 Å². The van der Waals surface area contributed by atoms with E-state index in [-0.39, 0.29) is 18.2 Å². The van der Waals surface area contributed by atoms with Crippen molar-refractivity contribution in [3.8, 4) is 0 Å². The highest BCUT2D eigenvalue weighted by molar-refractivity contribution is 7.17. The summed E-state index contributed by atoms with van der Waals surface area (Å²) in [6.45, 7) is 2.45. The molecule has 0 radical (unpaired) electrons. The number of ether oxygens (including phenoxy) is 1. The van der Waals surface area contributed by atoms with Gasteiger partial charge in [-0.3, -0.25) is 9.58 Å². The molecule has 1 aromatic carbocycles. The smallest absolute Gasteiger partial charge is 0.315 e. The van der Waals surface area contributed by atoms with Crippen LogP contribution in [0, 0.1) is 0 Å². The molecule has 8 heteroatoms. The van der Waals surface area contributed by atoms with Crippen LogP contribution >= 0.6 is 11.3 Å². The molecule has 0 bridgehead atoms. The van der Waals surface area contributed by atoms with Gasteiger partial charge < -0.3 is 15.4 Å². The van der Waals surface area contributed by atoms with Crippen LogP contribution in [-0.4, -0.2) is 53.6 Å². The average Bonchev–Trinajstić information content (AvgIpc) is 3.33. The number of benzene rings is 1. The largest absolute Gasteiger partial charge is 0.373 e. The van der Waals surface area contributed by atoms with Crippen LogP contribution in [0.15, 0.2) is 42.0 Å². The summed E-state index contributed by atoms with van der Waals surface area (Å²) < 4.78 is 8.98. The van der Waals surface area contributed by atoms with Crippen molar-refractivity contribution < 1.29 is 9.53 Å². The fraction of sp³-hybridized carbons (Fsp3) is 0.400. The van der Waals surface area contributed by atoms with Gasteiger partial charge in [-0.15, -0.1) is 11.3 Å². The number of rotatable bonds is 5. The van der Waals surface area contributed by atoms with E-state index < -0.39 is 0 Å². The highest BCUT2D eigenvalue weighted by Crippen LogP contribution is 2.28. The molecule has 3 aromatic rings. The Morgan fingerprint density at radius 1 is 1.32 bits per heavy atom. The molecule has 2 atom stereocenters. The molecule has 1 aliphatic rings. The van der Waals surface area contributed by atoms with Gasteiger partial charge in [-0.1, -0.05) is 18.2 Å². The third-order valence-corrected chi connectivity index (χ3v) is 6.14. The lowest BCUT2D eigenvalue weighted by atomic mass is 10.0. The summed E-state index contributed by atoms with van der Waals surface area (Å²) in [6.07, 6.45) is 3.75. The van der Waals surface area contributed by atoms with Gasteiger partial charge in [0.1, 0.15) is 0 Å². The lowest BCUT2D eigenvalue weighted by molar-refractivity contribution is -0.0601. The second kappa shape index (κ2) is 8.30. The molecule has 7 nitrogen and oxygen atoms in total. The van der Waals surface area contributed by atoms with Gasteiger partial charge in [0.15, 0.2) is 0 Å². The van der Waals surface area contributed by atoms with E-state index in [4.69, 9.17) is 4.74 Å². The zero-order valence-corrected chi connectivity index (χ0v) is 16.9. The van der Waals surface area contributed by atoms with E-state index in [0.717, 1.165) is 17.7 Å². The lowest BCUT2D eigenvalue weighted by Gasteiger charge is -2.38. The normalized spacial score (nSPS) is 20.4. The number of aryl methyl sites for hydroxylation is 1. The topological polar surface area (TPSA) is 71.4 Å². The molecule has 0 unspecified atom stereocenters. The summed E-state index contributed by atoms with van der Waals surface area (Å²) in [7, 11) is 3.98. The minimum atomic E-state index is -0.185. The van der Waals surface area contributed by atoms with E-state index in [9.17, 15) is 4.79 Å². The summed E-state index contributed by atoms with van der Waals surface area (Å²) >= 11 is 1.70. The van der Waals surface area contributed by atoms with Crippen molar-refractivity contribution >= 4 is 27.5 Å². The minimum absolute atomic E-state index is 0.0719. The van der Waals surface area contributed by atoms with Crippen molar-refractivity contribution in [2.24, 2.45) is 7.05 Å². The van der Waals surface area contributed by atoms with E-state index in [1.54, 1.807) is 16.0 Å². The molecular weight excluding hydrogens is 374 g/mol. The third-order valence-electron chi connectivity index (χ3n) is 5.13. The van der Waals surface area contributed by atoms with E-state index >= 15 is 0 Å². The van der Waals surface area contributed by atoms with Gasteiger partial charge in [-0.2, -0.15) is 5.10 Å². The summed E-state index contributed by atoms with van der Waals surface area (Å²) in [5.74, 6) is 0. The first-order chi connectivity index (χ1) is 13.6. The number of likely N-dealkylation sites (N-methyl/N-ethyl adjacent to an activating group) is 1. The fourth-order valence-electron chi connectivity index (χ4n) is 3.72. The van der Waals surface area contributed by atoms with E-state index in [2.05, 4.69) is 51.3 Å². The Balaban J connectivity index is 1.35. The Morgan fingerprint density at radius 3 is 3.04 bits per heavy atom. The van der Waals surface area contributed by atoms with Crippen LogP contribution in [0.1, 0.15) is 17.2 Å². The highest BCUT2D eigenvalue weighted by atomic mass is 32.1. The number of carbonyl (C=O) groups excluding carboxylic acids is 1. The van der Waals surface area contributed by atoms with Gasteiger partial charge in [0, 0.05) is 43.1 Å². The first kappa shape index (κ1) is 18.9. The number of nitrogens with one attached hydrogen (secondary N) is 2. The SMILES string of the molecule is CN1CCO[C@@H](CNC(=O)NCc2cccc3ccsc23)[C@@H]1c1cnn(C)c1. The van der Waals surface area contributed by atoms with Crippen molar-refractivity contribution in [3.05, 3.63) is 53.2 Å². The number of morpholine rings is 1. The Kier molecular flexibility index (Phi) is 5.61. The van der Waals surface area contributed by atoms with Crippen LogP contribution in [0.5, 0.6) is 0 Å². The van der Waals surface area contributed by atoms with Crippen molar-refractivity contribution in [1.29, 1.82) is 0 Å². The molecular formula is C20H25N5O2S. The van der Waals surface area contributed by atoms with Crippen LogP contribution in [0.25, 0.3) is 10.1 Å². The van der Waals surface area contributed by atoms with Gasteiger partial charge >= 0.3 is 6.03 Å². The summed E-state index contributed by atoms with van der Waals surface area (Å²) in [5.41, 5.74) is 2.23. The minimum Gasteiger partial charge on any atom is -0.373 e. The maximum atomic E-state index is 12.4. The van der Waals surface area contributed by atoms with Crippen LogP contribution in [0.4, 0.5) is 4.79 Å². The molecule has 3 heterocycles. The molecule has 2 N–H and O–H groups in total. The Bertz CT molecular complexity index is 953. The van der Waals surface area contributed by atoms with Crippen LogP contribution in [0.2, 0.25) is 0 Å². The number of fused-ring (bicyclic) bond motifs is 1. The van der Waals surface area contributed by atoms with Gasteiger partial charge in [0.05, 0.1) is 24.9 Å². The second-order valence-electron chi connectivity index (χ2n) is 7.10. The number of amides is 2. The lowest BCUT2D eigenvalue weighted by Crippen LogP contribution is -2.49. The maximum absolute atomic E-state index is 12.4. The maximum Gasteiger partial charge on any atom is 0.315 e. The predicted octanol–water partition coefficient (Wildman–Crippen LogP) is 2.51. The average molecular weight is 400 g/mol. The van der Waals surface area contributed by atoms with Crippen LogP contribution in [-0.2, 0) is 18.3 Å². The third kappa shape index (κ3) is 4.04. The Hall–Kier alpha value is -2.42. The first-order valence-corrected chi connectivity index (χ1v) is 10.3. The number of carbonyl (C=O) groups is 1. The Morgan fingerprint density at radius 2 is 2.21 bits per heavy atom. The molecule has 0 aliphatic carbocycles. The van der Waals surface area contributed by atoms with Crippen molar-refractivity contribution in [2.75, 3.05) is 26.7 Å². The molecule has 1 aliphatic heterocycles. The number of thiophene rings is 1. The highest BCUT2D eigenvalue weighted by Gasteiger charge is 2.32. The summed E-state index contributed by atoms with van der Waals surface area (Å²) in [5, 5.41) is 13.5. The second-order valence-corrected chi connectivity index (χ2v) is 8.02. The number of hydrogen-bond acceptors (Lipinski definition) is 5. The number of urea groups is 1. The quantitative estimate of drug-likeness (QED) is 0.692. The molecule has 4 rings (SSSR count). The molecule has 28 heavy (non-hydrogen) atoms. The number of nitrogens with zero attached hydrogens (tertiary/aromatic N) is 3. The molecule has 1 saturated heterocycles. The van der Waals surface area contributed by atoms with Gasteiger partial charge in [0.25, 0.3) is 0 Å². The zero-order chi connectivity index (χ0) is 19.5. The number of hydrogen-bond donors (Lipinski definition) is 2. The monoisotopic (exact) mass is 399 g/mol. The zero-order valence-electron chi connectivity index (χ0n) is 16.1. The van der Waals surface area contributed by atoms with E-state index in [0.29, 0.717) is 19.7 Å². The molecule has 0 spiro atoms. The summed E-state index contributed by atoms with van der Waals surface area (Å²) in [6, 6.07) is 8.15. The standard InChI is InChI=1S/C20H25N5O2S/c1-24-7-8-27-17(18(24)16-11-23-25(2)13-16)12-22-20(26)21-10-15-5-3-4-14-6-9-28-19(14)15/h3-6,9,11,13,17-18H,7-8,10,12H2,1-2H3,(H2,21,22,26)/t17-,18-/m0/s1.